The normalized spacial score (nSPS) is 26.1. The molecule has 0 radical (unpaired) electrons. The number of hydrogen-bond donors (Lipinski definition) is 1. The average molecular weight is 238 g/mol. The van der Waals surface area contributed by atoms with E-state index in [1.165, 1.54) is 57.9 Å². The number of nitrogens with zero attached hydrogens (tertiary/aromatic N) is 1. The highest BCUT2D eigenvalue weighted by atomic mass is 15.2. The fourth-order valence-corrected chi connectivity index (χ4v) is 3.29. The zero-order chi connectivity index (χ0) is 12.3. The average Bonchev–Trinajstić information content (AvgIpc) is 3.11. The van der Waals surface area contributed by atoms with Crippen molar-refractivity contribution in [2.75, 3.05) is 20.6 Å². The van der Waals surface area contributed by atoms with Crippen LogP contribution in [-0.2, 0) is 0 Å². The van der Waals surface area contributed by atoms with Crippen molar-refractivity contribution in [1.82, 2.24) is 10.2 Å². The van der Waals surface area contributed by atoms with Crippen LogP contribution in [0.3, 0.4) is 0 Å². The van der Waals surface area contributed by atoms with Crippen LogP contribution < -0.4 is 5.32 Å². The Labute approximate surface area is 107 Å². The monoisotopic (exact) mass is 238 g/mol. The quantitative estimate of drug-likeness (QED) is 0.765. The Balaban J connectivity index is 1.79. The van der Waals surface area contributed by atoms with Crippen molar-refractivity contribution in [3.8, 4) is 0 Å². The second kappa shape index (κ2) is 5.71. The van der Waals surface area contributed by atoms with Crippen molar-refractivity contribution in [3.63, 3.8) is 0 Å². The molecule has 1 unspecified atom stereocenters. The van der Waals surface area contributed by atoms with Crippen LogP contribution in [0.2, 0.25) is 0 Å². The Hall–Kier alpha value is -0.0800. The Morgan fingerprint density at radius 2 is 1.82 bits per heavy atom. The highest BCUT2D eigenvalue weighted by molar-refractivity contribution is 4.93. The number of rotatable bonds is 6. The van der Waals surface area contributed by atoms with Gasteiger partial charge in [0.25, 0.3) is 0 Å². The molecule has 2 heteroatoms. The molecule has 0 aromatic carbocycles. The Bertz CT molecular complexity index is 227. The second-order valence-electron chi connectivity index (χ2n) is 6.64. The van der Waals surface area contributed by atoms with Crippen LogP contribution in [0.5, 0.6) is 0 Å². The molecule has 0 spiro atoms. The SMILES string of the molecule is CC(CC1CC1)NCC1(N(C)C)CCCCC1. The minimum Gasteiger partial charge on any atom is -0.312 e. The van der Waals surface area contributed by atoms with E-state index >= 15 is 0 Å². The van der Waals surface area contributed by atoms with Crippen LogP contribution in [0.1, 0.15) is 58.3 Å². The summed E-state index contributed by atoms with van der Waals surface area (Å²) in [5.41, 5.74) is 0.441. The first-order chi connectivity index (χ1) is 8.12. The van der Waals surface area contributed by atoms with Gasteiger partial charge in [-0.2, -0.15) is 0 Å². The van der Waals surface area contributed by atoms with Gasteiger partial charge >= 0.3 is 0 Å². The van der Waals surface area contributed by atoms with E-state index in [0.29, 0.717) is 11.6 Å². The third-order valence-corrected chi connectivity index (χ3v) is 4.90. The second-order valence-corrected chi connectivity index (χ2v) is 6.64. The highest BCUT2D eigenvalue weighted by Gasteiger charge is 2.34. The largest absolute Gasteiger partial charge is 0.312 e. The number of hydrogen-bond acceptors (Lipinski definition) is 2. The van der Waals surface area contributed by atoms with Crippen LogP contribution in [-0.4, -0.2) is 37.1 Å². The minimum atomic E-state index is 0.441. The van der Waals surface area contributed by atoms with E-state index in [9.17, 15) is 0 Å². The van der Waals surface area contributed by atoms with Crippen molar-refractivity contribution in [1.29, 1.82) is 0 Å². The van der Waals surface area contributed by atoms with E-state index in [2.05, 4.69) is 31.2 Å². The molecule has 17 heavy (non-hydrogen) atoms. The Morgan fingerprint density at radius 1 is 1.18 bits per heavy atom. The molecule has 0 aliphatic heterocycles. The van der Waals surface area contributed by atoms with Gasteiger partial charge in [0.05, 0.1) is 0 Å². The zero-order valence-electron chi connectivity index (χ0n) is 12.0. The molecule has 0 amide bonds. The van der Waals surface area contributed by atoms with E-state index in [1.807, 2.05) is 0 Å². The number of likely N-dealkylation sites (N-methyl/N-ethyl adjacent to an activating group) is 1. The summed E-state index contributed by atoms with van der Waals surface area (Å²) in [6.45, 7) is 3.55. The van der Waals surface area contributed by atoms with Crippen molar-refractivity contribution in [2.24, 2.45) is 5.92 Å². The van der Waals surface area contributed by atoms with Gasteiger partial charge in [-0.05, 0) is 46.2 Å². The lowest BCUT2D eigenvalue weighted by atomic mass is 9.80. The minimum absolute atomic E-state index is 0.441. The molecule has 2 aliphatic rings. The molecule has 1 N–H and O–H groups in total. The summed E-state index contributed by atoms with van der Waals surface area (Å²) in [7, 11) is 4.52. The van der Waals surface area contributed by atoms with Crippen LogP contribution >= 0.6 is 0 Å². The first-order valence-corrected chi connectivity index (χ1v) is 7.53. The molecule has 2 rings (SSSR count). The van der Waals surface area contributed by atoms with E-state index in [1.54, 1.807) is 0 Å². The molecule has 1 atom stereocenters. The molecule has 2 saturated carbocycles. The van der Waals surface area contributed by atoms with E-state index < -0.39 is 0 Å². The smallest absolute Gasteiger partial charge is 0.0327 e. The van der Waals surface area contributed by atoms with Gasteiger partial charge in [-0.25, -0.2) is 0 Å². The molecule has 0 bridgehead atoms. The van der Waals surface area contributed by atoms with Crippen molar-refractivity contribution < 1.29 is 0 Å². The molecular formula is C15H30N2. The molecule has 0 heterocycles. The molecule has 2 nitrogen and oxygen atoms in total. The Kier molecular flexibility index (Phi) is 4.48. The van der Waals surface area contributed by atoms with Gasteiger partial charge in [0.15, 0.2) is 0 Å². The summed E-state index contributed by atoms with van der Waals surface area (Å²) in [5, 5.41) is 3.80. The van der Waals surface area contributed by atoms with Crippen molar-refractivity contribution in [3.05, 3.63) is 0 Å². The summed E-state index contributed by atoms with van der Waals surface area (Å²) in [6.07, 6.45) is 11.4. The summed E-state index contributed by atoms with van der Waals surface area (Å²) in [5.74, 6) is 1.04. The summed E-state index contributed by atoms with van der Waals surface area (Å²) < 4.78 is 0. The molecule has 0 aromatic rings. The van der Waals surface area contributed by atoms with Crippen molar-refractivity contribution >= 4 is 0 Å². The van der Waals surface area contributed by atoms with Crippen LogP contribution in [0.25, 0.3) is 0 Å². The lowest BCUT2D eigenvalue weighted by Crippen LogP contribution is -2.54. The van der Waals surface area contributed by atoms with Crippen LogP contribution in [0, 0.1) is 5.92 Å². The van der Waals surface area contributed by atoms with Crippen LogP contribution in [0.15, 0.2) is 0 Å². The summed E-state index contributed by atoms with van der Waals surface area (Å²) in [4.78, 5) is 2.48. The lowest BCUT2D eigenvalue weighted by molar-refractivity contribution is 0.0952. The first-order valence-electron chi connectivity index (χ1n) is 7.53. The van der Waals surface area contributed by atoms with Gasteiger partial charge in [0.2, 0.25) is 0 Å². The standard InChI is InChI=1S/C15H30N2/c1-13(11-14-7-8-14)16-12-15(17(2)3)9-5-4-6-10-15/h13-14,16H,4-12H2,1-3H3. The highest BCUT2D eigenvalue weighted by Crippen LogP contribution is 2.34. The van der Waals surface area contributed by atoms with E-state index in [-0.39, 0.29) is 0 Å². The lowest BCUT2D eigenvalue weighted by Gasteiger charge is -2.44. The van der Waals surface area contributed by atoms with Gasteiger partial charge in [-0.15, -0.1) is 0 Å². The number of nitrogens with one attached hydrogen (secondary N) is 1. The zero-order valence-corrected chi connectivity index (χ0v) is 12.0. The fourth-order valence-electron chi connectivity index (χ4n) is 3.29. The summed E-state index contributed by atoms with van der Waals surface area (Å²) in [6, 6.07) is 0.709. The maximum atomic E-state index is 3.80. The van der Waals surface area contributed by atoms with Gasteiger partial charge in [-0.3, -0.25) is 0 Å². The molecule has 100 valence electrons. The molecule has 2 fully saturated rings. The van der Waals surface area contributed by atoms with Crippen molar-refractivity contribution in [2.45, 2.75) is 69.9 Å². The Morgan fingerprint density at radius 3 is 2.35 bits per heavy atom. The maximum absolute atomic E-state index is 3.80. The van der Waals surface area contributed by atoms with Crippen LogP contribution in [0.4, 0.5) is 0 Å². The third-order valence-electron chi connectivity index (χ3n) is 4.90. The predicted molar refractivity (Wildman–Crippen MR) is 74.3 cm³/mol. The van der Waals surface area contributed by atoms with E-state index in [0.717, 1.165) is 5.92 Å². The van der Waals surface area contributed by atoms with E-state index in [4.69, 9.17) is 0 Å². The molecule has 0 aromatic heterocycles. The van der Waals surface area contributed by atoms with Gasteiger partial charge < -0.3 is 10.2 Å². The van der Waals surface area contributed by atoms with Gasteiger partial charge in [0.1, 0.15) is 0 Å². The third kappa shape index (κ3) is 3.69. The molecule has 2 aliphatic carbocycles. The molecule has 0 saturated heterocycles. The van der Waals surface area contributed by atoms with Gasteiger partial charge in [-0.1, -0.05) is 32.1 Å². The molecular weight excluding hydrogens is 208 g/mol. The van der Waals surface area contributed by atoms with Gasteiger partial charge in [0, 0.05) is 18.1 Å². The summed E-state index contributed by atoms with van der Waals surface area (Å²) >= 11 is 0. The fraction of sp³-hybridized carbons (Fsp3) is 1.00. The maximum Gasteiger partial charge on any atom is 0.0327 e. The first kappa shape index (κ1) is 13.4. The predicted octanol–water partition coefficient (Wildman–Crippen LogP) is 3.03. The topological polar surface area (TPSA) is 15.3 Å².